The largest absolute Gasteiger partial charge is 0.330 e. The van der Waals surface area contributed by atoms with Crippen LogP contribution in [0, 0.1) is 5.92 Å². The molecule has 1 aliphatic carbocycles. The van der Waals surface area contributed by atoms with Gasteiger partial charge in [-0.3, -0.25) is 0 Å². The third-order valence-corrected chi connectivity index (χ3v) is 4.37. The lowest BCUT2D eigenvalue weighted by Gasteiger charge is -2.29. The first-order chi connectivity index (χ1) is 5.88. The maximum atomic E-state index is 5.75. The van der Waals surface area contributed by atoms with Crippen LogP contribution in [0.25, 0.3) is 0 Å². The summed E-state index contributed by atoms with van der Waals surface area (Å²) in [7, 11) is 0. The molecule has 12 heavy (non-hydrogen) atoms. The quantitative estimate of drug-likeness (QED) is 0.732. The van der Waals surface area contributed by atoms with E-state index in [9.17, 15) is 0 Å². The summed E-state index contributed by atoms with van der Waals surface area (Å²) in [5.41, 5.74) is 5.75. The van der Waals surface area contributed by atoms with E-state index in [0.29, 0.717) is 0 Å². The summed E-state index contributed by atoms with van der Waals surface area (Å²) in [5, 5.41) is 0.878. The number of hydrogen-bond donors (Lipinski definition) is 1. The molecule has 1 fully saturated rings. The maximum absolute atomic E-state index is 5.75. The third-order valence-electron chi connectivity index (χ3n) is 2.68. The Bertz CT molecular complexity index is 116. The van der Waals surface area contributed by atoms with E-state index < -0.39 is 0 Å². The van der Waals surface area contributed by atoms with Gasteiger partial charge in [0.15, 0.2) is 0 Å². The minimum atomic E-state index is 0.815. The summed E-state index contributed by atoms with van der Waals surface area (Å²) in [4.78, 5) is 0. The predicted octanol–water partition coefficient (Wildman–Crippen LogP) is 2.65. The minimum absolute atomic E-state index is 0.815. The molecule has 0 bridgehead atoms. The highest BCUT2D eigenvalue weighted by molar-refractivity contribution is 7.99. The first-order valence-electron chi connectivity index (χ1n) is 5.20. The molecule has 2 unspecified atom stereocenters. The maximum Gasteiger partial charge on any atom is 0.00873 e. The van der Waals surface area contributed by atoms with Gasteiger partial charge in [-0.05, 0) is 37.5 Å². The number of rotatable bonds is 4. The summed E-state index contributed by atoms with van der Waals surface area (Å²) in [6.07, 6.45) is 6.92. The van der Waals surface area contributed by atoms with Gasteiger partial charge in [-0.2, -0.15) is 11.8 Å². The van der Waals surface area contributed by atoms with Crippen LogP contribution in [0.2, 0.25) is 0 Å². The molecule has 0 amide bonds. The second kappa shape index (κ2) is 5.87. The fourth-order valence-electron chi connectivity index (χ4n) is 1.93. The number of nitrogens with two attached hydrogens (primary N) is 1. The zero-order chi connectivity index (χ0) is 8.81. The molecule has 0 radical (unpaired) electrons. The Morgan fingerprint density at radius 2 is 2.08 bits per heavy atom. The molecular formula is C10H21NS. The Morgan fingerprint density at radius 1 is 1.33 bits per heavy atom. The highest BCUT2D eigenvalue weighted by Crippen LogP contribution is 2.32. The molecule has 0 aromatic heterocycles. The van der Waals surface area contributed by atoms with Gasteiger partial charge in [-0.25, -0.2) is 0 Å². The molecule has 0 heterocycles. The fraction of sp³-hybridized carbons (Fsp3) is 1.00. The molecule has 1 saturated carbocycles. The average Bonchev–Trinajstić information content (AvgIpc) is 2.15. The van der Waals surface area contributed by atoms with Gasteiger partial charge in [0.1, 0.15) is 0 Å². The smallest absolute Gasteiger partial charge is 0.00873 e. The predicted molar refractivity (Wildman–Crippen MR) is 57.5 cm³/mol. The second-order valence-electron chi connectivity index (χ2n) is 3.69. The second-order valence-corrected chi connectivity index (χ2v) is 5.04. The van der Waals surface area contributed by atoms with E-state index in [1.807, 2.05) is 0 Å². The van der Waals surface area contributed by atoms with Crippen LogP contribution in [-0.4, -0.2) is 17.5 Å². The van der Waals surface area contributed by atoms with Crippen molar-refractivity contribution in [2.75, 3.05) is 12.3 Å². The average molecular weight is 187 g/mol. The van der Waals surface area contributed by atoms with Crippen LogP contribution >= 0.6 is 11.8 Å². The van der Waals surface area contributed by atoms with Gasteiger partial charge >= 0.3 is 0 Å². The molecule has 0 aromatic rings. The van der Waals surface area contributed by atoms with Crippen molar-refractivity contribution in [3.05, 3.63) is 0 Å². The van der Waals surface area contributed by atoms with Gasteiger partial charge in [0.25, 0.3) is 0 Å². The highest BCUT2D eigenvalue weighted by Gasteiger charge is 2.23. The SMILES string of the molecule is CCCSC1CCCCC1CN. The molecular weight excluding hydrogens is 166 g/mol. The Hall–Kier alpha value is 0.310. The molecule has 2 atom stereocenters. The van der Waals surface area contributed by atoms with Crippen LogP contribution < -0.4 is 5.73 Å². The van der Waals surface area contributed by atoms with Crippen molar-refractivity contribution in [1.82, 2.24) is 0 Å². The van der Waals surface area contributed by atoms with Crippen molar-refractivity contribution in [2.45, 2.75) is 44.3 Å². The van der Waals surface area contributed by atoms with E-state index in [4.69, 9.17) is 5.73 Å². The van der Waals surface area contributed by atoms with E-state index in [1.165, 1.54) is 37.9 Å². The molecule has 72 valence electrons. The van der Waals surface area contributed by atoms with E-state index in [1.54, 1.807) is 0 Å². The summed E-state index contributed by atoms with van der Waals surface area (Å²) in [6.45, 7) is 3.16. The Kier molecular flexibility index (Phi) is 5.08. The Balaban J connectivity index is 2.26. The molecule has 0 aromatic carbocycles. The van der Waals surface area contributed by atoms with Gasteiger partial charge in [-0.15, -0.1) is 0 Å². The standard InChI is InChI=1S/C10H21NS/c1-2-7-12-10-6-4-3-5-9(10)8-11/h9-10H,2-8,11H2,1H3. The van der Waals surface area contributed by atoms with Crippen molar-refractivity contribution < 1.29 is 0 Å². The molecule has 1 aliphatic rings. The van der Waals surface area contributed by atoms with Crippen molar-refractivity contribution in [3.8, 4) is 0 Å². The molecule has 1 nitrogen and oxygen atoms in total. The van der Waals surface area contributed by atoms with E-state index in [-0.39, 0.29) is 0 Å². The van der Waals surface area contributed by atoms with Crippen LogP contribution in [0.15, 0.2) is 0 Å². The molecule has 2 N–H and O–H groups in total. The molecule has 0 aliphatic heterocycles. The summed E-state index contributed by atoms with van der Waals surface area (Å²) < 4.78 is 0. The molecule has 1 rings (SSSR count). The van der Waals surface area contributed by atoms with Crippen LogP contribution in [0.1, 0.15) is 39.0 Å². The fourth-order valence-corrected chi connectivity index (χ4v) is 3.32. The normalized spacial score (nSPS) is 30.5. The zero-order valence-electron chi connectivity index (χ0n) is 8.09. The minimum Gasteiger partial charge on any atom is -0.330 e. The molecule has 2 heteroatoms. The van der Waals surface area contributed by atoms with Crippen molar-refractivity contribution in [1.29, 1.82) is 0 Å². The van der Waals surface area contributed by atoms with Gasteiger partial charge in [-0.1, -0.05) is 19.8 Å². The number of thioether (sulfide) groups is 1. The Morgan fingerprint density at radius 3 is 2.75 bits per heavy atom. The van der Waals surface area contributed by atoms with Crippen molar-refractivity contribution in [3.63, 3.8) is 0 Å². The van der Waals surface area contributed by atoms with Gasteiger partial charge in [0, 0.05) is 5.25 Å². The lowest BCUT2D eigenvalue weighted by molar-refractivity contribution is 0.378. The molecule has 0 saturated heterocycles. The topological polar surface area (TPSA) is 26.0 Å². The summed E-state index contributed by atoms with van der Waals surface area (Å²) in [5.74, 6) is 2.14. The highest BCUT2D eigenvalue weighted by atomic mass is 32.2. The van der Waals surface area contributed by atoms with E-state index >= 15 is 0 Å². The first-order valence-corrected chi connectivity index (χ1v) is 6.25. The lowest BCUT2D eigenvalue weighted by atomic mass is 9.89. The van der Waals surface area contributed by atoms with Crippen molar-refractivity contribution in [2.24, 2.45) is 11.7 Å². The van der Waals surface area contributed by atoms with Gasteiger partial charge in [0.2, 0.25) is 0 Å². The van der Waals surface area contributed by atoms with Crippen LogP contribution in [0.5, 0.6) is 0 Å². The van der Waals surface area contributed by atoms with Crippen molar-refractivity contribution >= 4 is 11.8 Å². The zero-order valence-corrected chi connectivity index (χ0v) is 8.91. The molecule has 0 spiro atoms. The van der Waals surface area contributed by atoms with Gasteiger partial charge in [0.05, 0.1) is 0 Å². The Labute approximate surface area is 80.5 Å². The first kappa shape index (κ1) is 10.4. The monoisotopic (exact) mass is 187 g/mol. The third kappa shape index (κ3) is 2.98. The van der Waals surface area contributed by atoms with E-state index in [2.05, 4.69) is 18.7 Å². The lowest BCUT2D eigenvalue weighted by Crippen LogP contribution is -2.28. The van der Waals surface area contributed by atoms with Crippen LogP contribution in [0.3, 0.4) is 0 Å². The van der Waals surface area contributed by atoms with Crippen LogP contribution in [0.4, 0.5) is 0 Å². The summed E-state index contributed by atoms with van der Waals surface area (Å²) in [6, 6.07) is 0. The summed E-state index contributed by atoms with van der Waals surface area (Å²) >= 11 is 2.15. The van der Waals surface area contributed by atoms with E-state index in [0.717, 1.165) is 17.7 Å². The van der Waals surface area contributed by atoms with Gasteiger partial charge < -0.3 is 5.73 Å². The number of hydrogen-bond acceptors (Lipinski definition) is 2. The van der Waals surface area contributed by atoms with Crippen LogP contribution in [-0.2, 0) is 0 Å².